The van der Waals surface area contributed by atoms with Gasteiger partial charge in [-0.2, -0.15) is 0 Å². The first-order valence-corrected chi connectivity index (χ1v) is 4.60. The minimum absolute atomic E-state index is 0.108. The highest BCUT2D eigenvalue weighted by Crippen LogP contribution is 2.34. The van der Waals surface area contributed by atoms with E-state index in [0.717, 1.165) is 19.3 Å². The Balaban J connectivity index is 2.56. The van der Waals surface area contributed by atoms with Crippen molar-refractivity contribution in [3.05, 3.63) is 24.8 Å². The van der Waals surface area contributed by atoms with Gasteiger partial charge in [0.25, 0.3) is 0 Å². The van der Waals surface area contributed by atoms with Crippen LogP contribution in [0.5, 0.6) is 0 Å². The SMILES string of the molecule is C=CC1(C)CCC(C(=C)CC)O1. The average Bonchev–Trinajstić information content (AvgIpc) is 2.48. The summed E-state index contributed by atoms with van der Waals surface area (Å²) in [6.07, 6.45) is 5.33. The van der Waals surface area contributed by atoms with Crippen LogP contribution in [0.1, 0.15) is 33.1 Å². The van der Waals surface area contributed by atoms with Crippen molar-refractivity contribution in [3.63, 3.8) is 0 Å². The van der Waals surface area contributed by atoms with Crippen molar-refractivity contribution in [3.8, 4) is 0 Å². The molecule has 1 rings (SSSR count). The van der Waals surface area contributed by atoms with Crippen molar-refractivity contribution in [1.82, 2.24) is 0 Å². The topological polar surface area (TPSA) is 9.23 Å². The van der Waals surface area contributed by atoms with Crippen LogP contribution in [-0.4, -0.2) is 11.7 Å². The molecule has 0 bridgehead atoms. The molecule has 12 heavy (non-hydrogen) atoms. The molecule has 1 nitrogen and oxygen atoms in total. The van der Waals surface area contributed by atoms with Crippen molar-refractivity contribution >= 4 is 0 Å². The molecule has 2 atom stereocenters. The summed E-state index contributed by atoms with van der Waals surface area (Å²) in [4.78, 5) is 0. The van der Waals surface area contributed by atoms with E-state index in [1.165, 1.54) is 5.57 Å². The van der Waals surface area contributed by atoms with Gasteiger partial charge in [-0.25, -0.2) is 0 Å². The lowest BCUT2D eigenvalue weighted by Gasteiger charge is -2.21. The fourth-order valence-corrected chi connectivity index (χ4v) is 1.53. The number of hydrogen-bond acceptors (Lipinski definition) is 1. The zero-order valence-electron chi connectivity index (χ0n) is 8.10. The van der Waals surface area contributed by atoms with Gasteiger partial charge in [-0.05, 0) is 31.8 Å². The fraction of sp³-hybridized carbons (Fsp3) is 0.636. The summed E-state index contributed by atoms with van der Waals surface area (Å²) in [5, 5.41) is 0. The van der Waals surface area contributed by atoms with Crippen LogP contribution in [0, 0.1) is 0 Å². The van der Waals surface area contributed by atoms with Crippen LogP contribution in [0.4, 0.5) is 0 Å². The molecular weight excluding hydrogens is 148 g/mol. The Bertz CT molecular complexity index is 195. The number of hydrogen-bond donors (Lipinski definition) is 0. The van der Waals surface area contributed by atoms with Crippen LogP contribution >= 0.6 is 0 Å². The third-order valence-electron chi connectivity index (χ3n) is 2.66. The quantitative estimate of drug-likeness (QED) is 0.585. The third-order valence-corrected chi connectivity index (χ3v) is 2.66. The van der Waals surface area contributed by atoms with Gasteiger partial charge < -0.3 is 4.74 Å². The summed E-state index contributed by atoms with van der Waals surface area (Å²) in [5.41, 5.74) is 1.10. The molecule has 0 amide bonds. The van der Waals surface area contributed by atoms with Crippen molar-refractivity contribution < 1.29 is 4.74 Å². The maximum Gasteiger partial charge on any atom is 0.0841 e. The Morgan fingerprint density at radius 3 is 2.83 bits per heavy atom. The Morgan fingerprint density at radius 2 is 2.42 bits per heavy atom. The molecule has 1 aliphatic heterocycles. The minimum atomic E-state index is -0.108. The summed E-state index contributed by atoms with van der Waals surface area (Å²) < 4.78 is 5.83. The summed E-state index contributed by atoms with van der Waals surface area (Å²) in [5.74, 6) is 0. The molecule has 0 radical (unpaired) electrons. The number of ether oxygens (including phenoxy) is 1. The monoisotopic (exact) mass is 166 g/mol. The summed E-state index contributed by atoms with van der Waals surface area (Å²) >= 11 is 0. The second kappa shape index (κ2) is 3.44. The summed E-state index contributed by atoms with van der Waals surface area (Å²) in [6.45, 7) is 12.0. The van der Waals surface area contributed by atoms with Crippen molar-refractivity contribution in [2.75, 3.05) is 0 Å². The van der Waals surface area contributed by atoms with Crippen LogP contribution in [0.3, 0.4) is 0 Å². The highest BCUT2D eigenvalue weighted by atomic mass is 16.5. The first kappa shape index (κ1) is 9.53. The van der Waals surface area contributed by atoms with E-state index in [9.17, 15) is 0 Å². The van der Waals surface area contributed by atoms with E-state index in [4.69, 9.17) is 4.74 Å². The van der Waals surface area contributed by atoms with Gasteiger partial charge in [0, 0.05) is 0 Å². The van der Waals surface area contributed by atoms with Crippen LogP contribution in [-0.2, 0) is 4.74 Å². The van der Waals surface area contributed by atoms with Gasteiger partial charge in [0.2, 0.25) is 0 Å². The molecule has 0 aromatic heterocycles. The van der Waals surface area contributed by atoms with Crippen molar-refractivity contribution in [2.45, 2.75) is 44.8 Å². The molecule has 0 saturated carbocycles. The maximum atomic E-state index is 5.83. The van der Waals surface area contributed by atoms with Gasteiger partial charge in [0.15, 0.2) is 0 Å². The van der Waals surface area contributed by atoms with Crippen molar-refractivity contribution in [2.24, 2.45) is 0 Å². The minimum Gasteiger partial charge on any atom is -0.364 e. The highest BCUT2D eigenvalue weighted by molar-refractivity contribution is 5.09. The molecule has 1 saturated heterocycles. The van der Waals surface area contributed by atoms with E-state index in [1.807, 2.05) is 6.08 Å². The van der Waals surface area contributed by atoms with E-state index in [2.05, 4.69) is 27.0 Å². The Labute approximate surface area is 75.1 Å². The zero-order valence-corrected chi connectivity index (χ0v) is 8.10. The largest absolute Gasteiger partial charge is 0.364 e. The Hall–Kier alpha value is -0.560. The van der Waals surface area contributed by atoms with E-state index in [1.54, 1.807) is 0 Å². The predicted octanol–water partition coefficient (Wildman–Crippen LogP) is 3.08. The zero-order chi connectivity index (χ0) is 9.19. The molecule has 0 aromatic carbocycles. The molecule has 0 spiro atoms. The molecule has 1 heterocycles. The summed E-state index contributed by atoms with van der Waals surface area (Å²) in [6, 6.07) is 0. The second-order valence-electron chi connectivity index (χ2n) is 3.67. The van der Waals surface area contributed by atoms with Gasteiger partial charge in [-0.3, -0.25) is 0 Å². The molecule has 1 aliphatic rings. The van der Waals surface area contributed by atoms with Gasteiger partial charge >= 0.3 is 0 Å². The molecule has 68 valence electrons. The van der Waals surface area contributed by atoms with Crippen LogP contribution < -0.4 is 0 Å². The lowest BCUT2D eigenvalue weighted by Crippen LogP contribution is -2.22. The molecule has 1 fully saturated rings. The lowest BCUT2D eigenvalue weighted by molar-refractivity contribution is 0.0212. The average molecular weight is 166 g/mol. The van der Waals surface area contributed by atoms with Crippen molar-refractivity contribution in [1.29, 1.82) is 0 Å². The first-order valence-electron chi connectivity index (χ1n) is 4.60. The lowest BCUT2D eigenvalue weighted by atomic mass is 10.0. The van der Waals surface area contributed by atoms with E-state index >= 15 is 0 Å². The Morgan fingerprint density at radius 1 is 1.75 bits per heavy atom. The molecule has 2 unspecified atom stereocenters. The highest BCUT2D eigenvalue weighted by Gasteiger charge is 2.33. The van der Waals surface area contributed by atoms with E-state index in [0.29, 0.717) is 0 Å². The Kier molecular flexibility index (Phi) is 2.73. The van der Waals surface area contributed by atoms with Gasteiger partial charge in [-0.1, -0.05) is 19.6 Å². The van der Waals surface area contributed by atoms with Crippen LogP contribution in [0.2, 0.25) is 0 Å². The number of rotatable bonds is 3. The fourth-order valence-electron chi connectivity index (χ4n) is 1.53. The van der Waals surface area contributed by atoms with Gasteiger partial charge in [-0.15, -0.1) is 6.58 Å². The standard InChI is InChI=1S/C11H18O/c1-5-9(3)10-7-8-11(4,6-2)12-10/h6,10H,2-3,5,7-8H2,1,4H3. The first-order chi connectivity index (χ1) is 5.61. The molecule has 0 N–H and O–H groups in total. The second-order valence-corrected chi connectivity index (χ2v) is 3.67. The van der Waals surface area contributed by atoms with E-state index in [-0.39, 0.29) is 11.7 Å². The molecule has 0 aromatic rings. The predicted molar refractivity (Wildman–Crippen MR) is 52.1 cm³/mol. The maximum absolute atomic E-state index is 5.83. The van der Waals surface area contributed by atoms with Crippen LogP contribution in [0.15, 0.2) is 24.8 Å². The smallest absolute Gasteiger partial charge is 0.0841 e. The van der Waals surface area contributed by atoms with Gasteiger partial charge in [0.1, 0.15) is 0 Å². The third kappa shape index (κ3) is 1.78. The van der Waals surface area contributed by atoms with E-state index < -0.39 is 0 Å². The molecular formula is C11H18O. The van der Waals surface area contributed by atoms with Crippen LogP contribution in [0.25, 0.3) is 0 Å². The van der Waals surface area contributed by atoms with Gasteiger partial charge in [0.05, 0.1) is 11.7 Å². The summed E-state index contributed by atoms with van der Waals surface area (Å²) in [7, 11) is 0. The molecule has 1 heteroatoms. The normalized spacial score (nSPS) is 35.0. The molecule has 0 aliphatic carbocycles.